The van der Waals surface area contributed by atoms with Crippen molar-refractivity contribution in [3.05, 3.63) is 46.0 Å². The fourth-order valence-electron chi connectivity index (χ4n) is 1.85. The number of benzene rings is 1. The fraction of sp³-hybridized carbons (Fsp3) is 0.308. The summed E-state index contributed by atoms with van der Waals surface area (Å²) in [7, 11) is 0. The van der Waals surface area contributed by atoms with Crippen LogP contribution in [-0.4, -0.2) is 16.4 Å². The van der Waals surface area contributed by atoms with E-state index in [-0.39, 0.29) is 0 Å². The maximum Gasteiger partial charge on any atom is 0.190 e. The molecule has 0 saturated heterocycles. The summed E-state index contributed by atoms with van der Waals surface area (Å²) in [5.41, 5.74) is 0.969. The Kier molecular flexibility index (Phi) is 3.41. The summed E-state index contributed by atoms with van der Waals surface area (Å²) in [4.78, 5) is 5.31. The molecule has 1 aromatic rings. The van der Waals surface area contributed by atoms with Crippen LogP contribution in [0.3, 0.4) is 0 Å². The molecule has 0 spiro atoms. The molecule has 0 aliphatic carbocycles. The molecule has 5 heteroatoms. The Balaban J connectivity index is 2.34. The average Bonchev–Trinajstić information content (AvgIpc) is 2.61. The molecule has 0 radical (unpaired) electrons. The van der Waals surface area contributed by atoms with Gasteiger partial charge in [-0.05, 0) is 31.5 Å². The molecule has 96 valence electrons. The van der Waals surface area contributed by atoms with Gasteiger partial charge in [-0.25, -0.2) is 0 Å². The summed E-state index contributed by atoms with van der Waals surface area (Å²) in [5, 5.41) is 15.1. The van der Waals surface area contributed by atoms with E-state index in [0.717, 1.165) is 0 Å². The fourth-order valence-corrected chi connectivity index (χ4v) is 2.15. The Hall–Kier alpha value is -1.03. The SMILES string of the molecule is C=C1C(C)=NO[C@@]1(C)[C@@H](O)c1ccc(Cl)c(Cl)c1. The Morgan fingerprint density at radius 1 is 1.39 bits per heavy atom. The lowest BCUT2D eigenvalue weighted by atomic mass is 9.85. The molecule has 1 aliphatic rings. The van der Waals surface area contributed by atoms with E-state index in [2.05, 4.69) is 11.7 Å². The third-order valence-corrected chi connectivity index (χ3v) is 3.93. The summed E-state index contributed by atoms with van der Waals surface area (Å²) in [5.74, 6) is 0. The van der Waals surface area contributed by atoms with Crippen molar-refractivity contribution < 1.29 is 9.94 Å². The van der Waals surface area contributed by atoms with Crippen molar-refractivity contribution in [2.75, 3.05) is 0 Å². The smallest absolute Gasteiger partial charge is 0.190 e. The van der Waals surface area contributed by atoms with Crippen LogP contribution < -0.4 is 0 Å². The van der Waals surface area contributed by atoms with Crippen LogP contribution in [0.2, 0.25) is 10.0 Å². The number of aliphatic hydroxyl groups excluding tert-OH is 1. The number of aliphatic hydroxyl groups is 1. The summed E-state index contributed by atoms with van der Waals surface area (Å²) < 4.78 is 0. The number of oxime groups is 1. The lowest BCUT2D eigenvalue weighted by Crippen LogP contribution is -2.35. The van der Waals surface area contributed by atoms with Gasteiger partial charge in [0.25, 0.3) is 0 Å². The van der Waals surface area contributed by atoms with Gasteiger partial charge >= 0.3 is 0 Å². The number of rotatable bonds is 2. The molecule has 2 atom stereocenters. The van der Waals surface area contributed by atoms with Gasteiger partial charge in [-0.1, -0.05) is 41.0 Å². The second-order valence-electron chi connectivity index (χ2n) is 4.43. The normalized spacial score (nSPS) is 24.7. The minimum atomic E-state index is -0.971. The Morgan fingerprint density at radius 3 is 2.56 bits per heavy atom. The van der Waals surface area contributed by atoms with Gasteiger partial charge in [0.1, 0.15) is 6.10 Å². The van der Waals surface area contributed by atoms with Crippen LogP contribution in [0.4, 0.5) is 0 Å². The maximum absolute atomic E-state index is 10.4. The van der Waals surface area contributed by atoms with Gasteiger partial charge in [0.15, 0.2) is 5.60 Å². The molecule has 0 amide bonds. The zero-order chi connectivity index (χ0) is 13.5. The van der Waals surface area contributed by atoms with E-state index in [1.54, 1.807) is 32.0 Å². The molecule has 0 aromatic heterocycles. The minimum absolute atomic E-state index is 0.387. The first-order valence-corrected chi connectivity index (χ1v) is 6.17. The van der Waals surface area contributed by atoms with Gasteiger partial charge in [-0.2, -0.15) is 0 Å². The van der Waals surface area contributed by atoms with Crippen LogP contribution in [0.25, 0.3) is 0 Å². The monoisotopic (exact) mass is 285 g/mol. The first kappa shape index (κ1) is 13.4. The van der Waals surface area contributed by atoms with E-state index in [4.69, 9.17) is 28.0 Å². The molecule has 1 heterocycles. The van der Waals surface area contributed by atoms with Crippen LogP contribution in [-0.2, 0) is 4.84 Å². The van der Waals surface area contributed by atoms with E-state index >= 15 is 0 Å². The highest BCUT2D eigenvalue weighted by molar-refractivity contribution is 6.42. The Labute approximate surface area is 116 Å². The zero-order valence-electron chi connectivity index (χ0n) is 10.1. The topological polar surface area (TPSA) is 41.8 Å². The molecular formula is C13H13Cl2NO2. The van der Waals surface area contributed by atoms with Crippen LogP contribution in [0, 0.1) is 0 Å². The second-order valence-corrected chi connectivity index (χ2v) is 5.24. The largest absolute Gasteiger partial charge is 0.384 e. The molecule has 3 nitrogen and oxygen atoms in total. The Bertz CT molecular complexity index is 542. The first-order chi connectivity index (χ1) is 8.36. The molecule has 1 aliphatic heterocycles. The van der Waals surface area contributed by atoms with E-state index in [1.807, 2.05) is 0 Å². The van der Waals surface area contributed by atoms with Gasteiger partial charge in [-0.3, -0.25) is 0 Å². The van der Waals surface area contributed by atoms with Crippen molar-refractivity contribution >= 4 is 28.9 Å². The van der Waals surface area contributed by atoms with Gasteiger partial charge in [0.2, 0.25) is 0 Å². The summed E-state index contributed by atoms with van der Waals surface area (Å²) in [6.45, 7) is 7.43. The van der Waals surface area contributed by atoms with Crippen molar-refractivity contribution in [3.63, 3.8) is 0 Å². The number of nitrogens with zero attached hydrogens (tertiary/aromatic N) is 1. The predicted molar refractivity (Wildman–Crippen MR) is 73.2 cm³/mol. The lowest BCUT2D eigenvalue weighted by Gasteiger charge is -2.29. The standard InChI is InChI=1S/C13H13Cl2NO2/c1-7-8(2)16-18-13(7,3)12(17)9-4-5-10(14)11(15)6-9/h4-6,12,17H,1H2,2-3H3/t12-,13+/m0/s1. The number of hydrogen-bond donors (Lipinski definition) is 1. The summed E-state index contributed by atoms with van der Waals surface area (Å²) >= 11 is 11.8. The second kappa shape index (κ2) is 4.57. The van der Waals surface area contributed by atoms with Crippen LogP contribution in [0.5, 0.6) is 0 Å². The molecule has 0 unspecified atom stereocenters. The molecule has 0 saturated carbocycles. The third kappa shape index (κ3) is 2.03. The molecule has 18 heavy (non-hydrogen) atoms. The quantitative estimate of drug-likeness (QED) is 0.899. The van der Waals surface area contributed by atoms with E-state index in [0.29, 0.717) is 26.9 Å². The Morgan fingerprint density at radius 2 is 2.06 bits per heavy atom. The van der Waals surface area contributed by atoms with Gasteiger partial charge in [0.05, 0.1) is 15.8 Å². The highest BCUT2D eigenvalue weighted by Crippen LogP contribution is 2.40. The number of hydrogen-bond acceptors (Lipinski definition) is 3. The maximum atomic E-state index is 10.4. The minimum Gasteiger partial charge on any atom is -0.384 e. The predicted octanol–water partition coefficient (Wildman–Crippen LogP) is 3.75. The third-order valence-electron chi connectivity index (χ3n) is 3.19. The highest BCUT2D eigenvalue weighted by atomic mass is 35.5. The number of halogens is 2. The molecule has 1 N–H and O–H groups in total. The summed E-state index contributed by atoms with van der Waals surface area (Å²) in [6.07, 6.45) is -0.916. The highest BCUT2D eigenvalue weighted by Gasteiger charge is 2.44. The van der Waals surface area contributed by atoms with Gasteiger partial charge in [-0.15, -0.1) is 0 Å². The summed E-state index contributed by atoms with van der Waals surface area (Å²) in [6, 6.07) is 4.95. The zero-order valence-corrected chi connectivity index (χ0v) is 11.6. The molecule has 0 fully saturated rings. The van der Waals surface area contributed by atoms with Crippen LogP contribution in [0.1, 0.15) is 25.5 Å². The van der Waals surface area contributed by atoms with Gasteiger partial charge in [0, 0.05) is 5.57 Å². The van der Waals surface area contributed by atoms with Crippen molar-refractivity contribution in [3.8, 4) is 0 Å². The molecule has 1 aromatic carbocycles. The van der Waals surface area contributed by atoms with E-state index < -0.39 is 11.7 Å². The average molecular weight is 286 g/mol. The first-order valence-electron chi connectivity index (χ1n) is 5.42. The van der Waals surface area contributed by atoms with Crippen LogP contribution >= 0.6 is 23.2 Å². The van der Waals surface area contributed by atoms with E-state index in [1.165, 1.54) is 0 Å². The van der Waals surface area contributed by atoms with Crippen LogP contribution in [0.15, 0.2) is 35.5 Å². The van der Waals surface area contributed by atoms with Crippen molar-refractivity contribution in [2.45, 2.75) is 25.6 Å². The molecule has 0 bridgehead atoms. The lowest BCUT2D eigenvalue weighted by molar-refractivity contribution is -0.0746. The van der Waals surface area contributed by atoms with E-state index in [9.17, 15) is 5.11 Å². The van der Waals surface area contributed by atoms with Crippen molar-refractivity contribution in [1.82, 2.24) is 0 Å². The van der Waals surface area contributed by atoms with Crippen molar-refractivity contribution in [2.24, 2.45) is 5.16 Å². The molecular weight excluding hydrogens is 273 g/mol. The van der Waals surface area contributed by atoms with Crippen molar-refractivity contribution in [1.29, 1.82) is 0 Å². The van der Waals surface area contributed by atoms with Gasteiger partial charge < -0.3 is 9.94 Å². The molecule has 2 rings (SSSR count).